The highest BCUT2D eigenvalue weighted by atomic mass is 32.1. The molecule has 41 heavy (non-hydrogen) atoms. The molecule has 4 heteroatoms. The van der Waals surface area contributed by atoms with Gasteiger partial charge in [-0.05, 0) is 40.1 Å². The zero-order chi connectivity index (χ0) is 27.2. The largest absolute Gasteiger partial charge is 0.324 e. The van der Waals surface area contributed by atoms with Gasteiger partial charge < -0.3 is 5.32 Å². The van der Waals surface area contributed by atoms with Crippen LogP contribution in [0, 0.1) is 0 Å². The van der Waals surface area contributed by atoms with Crippen molar-refractivity contribution in [1.82, 2.24) is 5.32 Å². The molecule has 2 heterocycles. The molecule has 0 unspecified atom stereocenters. The van der Waals surface area contributed by atoms with Gasteiger partial charge in [-0.25, -0.2) is 9.98 Å². The number of hydrogen-bond acceptors (Lipinski definition) is 4. The first-order chi connectivity index (χ1) is 20.3. The average Bonchev–Trinajstić information content (AvgIpc) is 3.43. The van der Waals surface area contributed by atoms with Crippen LogP contribution in [0.25, 0.3) is 42.1 Å². The highest BCUT2D eigenvalue weighted by Gasteiger charge is 2.24. The lowest BCUT2D eigenvalue weighted by Gasteiger charge is -2.23. The van der Waals surface area contributed by atoms with Gasteiger partial charge in [-0.3, -0.25) is 0 Å². The number of nitrogens with one attached hydrogen (secondary N) is 1. The zero-order valence-electron chi connectivity index (χ0n) is 22.2. The van der Waals surface area contributed by atoms with Gasteiger partial charge in [0.25, 0.3) is 0 Å². The Labute approximate surface area is 242 Å². The van der Waals surface area contributed by atoms with Gasteiger partial charge in [-0.2, -0.15) is 0 Å². The van der Waals surface area contributed by atoms with E-state index in [1.54, 1.807) is 0 Å². The predicted octanol–water partition coefficient (Wildman–Crippen LogP) is 9.37. The molecule has 0 aliphatic carbocycles. The summed E-state index contributed by atoms with van der Waals surface area (Å²) in [7, 11) is 0. The maximum Gasteiger partial charge on any atom is 0.170 e. The first kappa shape index (κ1) is 23.8. The van der Waals surface area contributed by atoms with Crippen molar-refractivity contribution in [3.63, 3.8) is 0 Å². The lowest BCUT2D eigenvalue weighted by atomic mass is 9.94. The second-order valence-corrected chi connectivity index (χ2v) is 11.3. The smallest absolute Gasteiger partial charge is 0.170 e. The van der Waals surface area contributed by atoms with E-state index >= 15 is 0 Å². The summed E-state index contributed by atoms with van der Waals surface area (Å²) in [4.78, 5) is 10.5. The Balaban J connectivity index is 1.41. The van der Waals surface area contributed by atoms with Crippen molar-refractivity contribution in [3.8, 4) is 11.1 Å². The number of benzene rings is 6. The molecule has 0 fully saturated rings. The van der Waals surface area contributed by atoms with Gasteiger partial charge in [0.15, 0.2) is 6.17 Å². The van der Waals surface area contributed by atoms with E-state index < -0.39 is 6.17 Å². The summed E-state index contributed by atoms with van der Waals surface area (Å²) < 4.78 is 2.52. The number of amidine groups is 2. The first-order valence-electron chi connectivity index (χ1n) is 13.8. The number of hydrogen-bond donors (Lipinski definition) is 1. The summed E-state index contributed by atoms with van der Waals surface area (Å²) in [6, 6.07) is 49.1. The second kappa shape index (κ2) is 9.84. The van der Waals surface area contributed by atoms with Crippen LogP contribution in [0.2, 0.25) is 0 Å². The SMILES string of the molecule is c1ccc(C2=NC(c3cc(-c4cccc5ccccc45)cc4sc5ccccc5c34)N=C(c3ccccc3)N2)cc1. The lowest BCUT2D eigenvalue weighted by Crippen LogP contribution is -2.36. The van der Waals surface area contributed by atoms with Gasteiger partial charge in [0, 0.05) is 36.9 Å². The van der Waals surface area contributed by atoms with Crippen LogP contribution in [0.1, 0.15) is 22.9 Å². The molecule has 8 rings (SSSR count). The third-order valence-corrected chi connectivity index (χ3v) is 8.84. The molecule has 6 aromatic carbocycles. The summed E-state index contributed by atoms with van der Waals surface area (Å²) in [5, 5.41) is 8.50. The highest BCUT2D eigenvalue weighted by molar-refractivity contribution is 7.25. The van der Waals surface area contributed by atoms with Crippen LogP contribution >= 0.6 is 11.3 Å². The molecular formula is C37H25N3S. The number of fused-ring (bicyclic) bond motifs is 4. The van der Waals surface area contributed by atoms with E-state index in [1.807, 2.05) is 47.7 Å². The van der Waals surface area contributed by atoms with E-state index in [9.17, 15) is 0 Å². The molecule has 1 aliphatic rings. The molecule has 1 aliphatic heterocycles. The minimum absolute atomic E-state index is 0.405. The van der Waals surface area contributed by atoms with Gasteiger partial charge in [0.2, 0.25) is 0 Å². The number of rotatable bonds is 4. The summed E-state index contributed by atoms with van der Waals surface area (Å²) in [5.41, 5.74) is 5.60. The Bertz CT molecular complexity index is 2060. The van der Waals surface area contributed by atoms with Crippen molar-refractivity contribution < 1.29 is 0 Å². The van der Waals surface area contributed by atoms with Crippen LogP contribution in [0.15, 0.2) is 150 Å². The van der Waals surface area contributed by atoms with Crippen LogP contribution < -0.4 is 5.32 Å². The molecule has 0 bridgehead atoms. The monoisotopic (exact) mass is 543 g/mol. The fourth-order valence-electron chi connectivity index (χ4n) is 5.80. The Morgan fingerprint density at radius 2 is 1.12 bits per heavy atom. The minimum Gasteiger partial charge on any atom is -0.324 e. The average molecular weight is 544 g/mol. The number of thiophene rings is 1. The Kier molecular flexibility index (Phi) is 5.71. The van der Waals surface area contributed by atoms with E-state index in [2.05, 4.69) is 108 Å². The second-order valence-electron chi connectivity index (χ2n) is 10.2. The van der Waals surface area contributed by atoms with Gasteiger partial charge in [-0.1, -0.05) is 121 Å². The van der Waals surface area contributed by atoms with Crippen LogP contribution in [-0.2, 0) is 0 Å². The zero-order valence-corrected chi connectivity index (χ0v) is 23.0. The molecule has 0 atom stereocenters. The molecule has 0 saturated carbocycles. The van der Waals surface area contributed by atoms with Crippen molar-refractivity contribution >= 4 is 54.0 Å². The van der Waals surface area contributed by atoms with Crippen molar-refractivity contribution in [2.24, 2.45) is 9.98 Å². The molecule has 194 valence electrons. The third-order valence-electron chi connectivity index (χ3n) is 7.72. The maximum atomic E-state index is 5.25. The van der Waals surface area contributed by atoms with E-state index in [1.165, 1.54) is 42.1 Å². The summed E-state index contributed by atoms with van der Waals surface area (Å²) in [6.07, 6.45) is -0.405. The topological polar surface area (TPSA) is 36.8 Å². The van der Waals surface area contributed by atoms with Crippen LogP contribution in [-0.4, -0.2) is 11.7 Å². The lowest BCUT2D eigenvalue weighted by molar-refractivity contribution is 0.763. The van der Waals surface area contributed by atoms with Crippen molar-refractivity contribution in [2.75, 3.05) is 0 Å². The van der Waals surface area contributed by atoms with Crippen molar-refractivity contribution in [3.05, 3.63) is 156 Å². The highest BCUT2D eigenvalue weighted by Crippen LogP contribution is 2.43. The van der Waals surface area contributed by atoms with Gasteiger partial charge >= 0.3 is 0 Å². The van der Waals surface area contributed by atoms with Gasteiger partial charge in [0.1, 0.15) is 11.7 Å². The van der Waals surface area contributed by atoms with Crippen LogP contribution in [0.5, 0.6) is 0 Å². The molecule has 0 amide bonds. The van der Waals surface area contributed by atoms with E-state index in [0.29, 0.717) is 0 Å². The van der Waals surface area contributed by atoms with E-state index in [-0.39, 0.29) is 0 Å². The molecule has 7 aromatic rings. The molecule has 3 nitrogen and oxygen atoms in total. The van der Waals surface area contributed by atoms with Crippen LogP contribution in [0.4, 0.5) is 0 Å². The summed E-state index contributed by atoms with van der Waals surface area (Å²) in [6.45, 7) is 0. The molecule has 0 saturated heterocycles. The van der Waals surface area contributed by atoms with E-state index in [0.717, 1.165) is 28.4 Å². The van der Waals surface area contributed by atoms with E-state index in [4.69, 9.17) is 9.98 Å². The van der Waals surface area contributed by atoms with Gasteiger partial charge in [0.05, 0.1) is 0 Å². The first-order valence-corrected chi connectivity index (χ1v) is 14.6. The fraction of sp³-hybridized carbons (Fsp3) is 0.0270. The molecule has 1 N–H and O–H groups in total. The van der Waals surface area contributed by atoms with Gasteiger partial charge in [-0.15, -0.1) is 11.3 Å². The molecule has 0 radical (unpaired) electrons. The predicted molar refractivity (Wildman–Crippen MR) is 174 cm³/mol. The Hall–Kier alpha value is -5.06. The fourth-order valence-corrected chi connectivity index (χ4v) is 6.98. The third kappa shape index (κ3) is 4.21. The standard InChI is InChI=1S/C37H25N3S/c1-3-13-25(14-4-1)35-38-36(26-15-5-2-6-16-26)40-37(39-35)31-22-27(29-20-11-17-24-12-7-8-18-28(24)29)23-33-34(31)30-19-9-10-21-32(30)41-33/h1-23,37H,(H,38,39,40). The molecule has 1 aromatic heterocycles. The van der Waals surface area contributed by atoms with Crippen molar-refractivity contribution in [1.29, 1.82) is 0 Å². The van der Waals surface area contributed by atoms with Crippen molar-refractivity contribution in [2.45, 2.75) is 6.17 Å². The maximum absolute atomic E-state index is 5.25. The Morgan fingerprint density at radius 1 is 0.512 bits per heavy atom. The normalized spacial score (nSPS) is 13.8. The quantitative estimate of drug-likeness (QED) is 0.236. The minimum atomic E-state index is -0.405. The number of aliphatic imine (C=N–C) groups is 2. The Morgan fingerprint density at radius 3 is 1.85 bits per heavy atom. The summed E-state index contributed by atoms with van der Waals surface area (Å²) in [5.74, 6) is 1.65. The summed E-state index contributed by atoms with van der Waals surface area (Å²) >= 11 is 1.84. The molecule has 0 spiro atoms. The molecular weight excluding hydrogens is 518 g/mol. The van der Waals surface area contributed by atoms with Crippen LogP contribution in [0.3, 0.4) is 0 Å². The number of nitrogens with zero attached hydrogens (tertiary/aromatic N) is 2.